The normalized spacial score (nSPS) is 13.2. The van der Waals surface area contributed by atoms with E-state index in [1.54, 1.807) is 36.4 Å². The lowest BCUT2D eigenvalue weighted by Crippen LogP contribution is -1.97. The molecule has 9 nitrogen and oxygen atoms in total. The lowest BCUT2D eigenvalue weighted by Gasteiger charge is -2.17. The van der Waals surface area contributed by atoms with Gasteiger partial charge in [-0.05, 0) is 53.6 Å². The molecule has 4 aromatic rings. The molecule has 0 bridgehead atoms. The van der Waals surface area contributed by atoms with Gasteiger partial charge in [0.05, 0.1) is 20.8 Å². The highest BCUT2D eigenvalue weighted by Crippen LogP contribution is 2.47. The maximum Gasteiger partial charge on any atom is 0.231 e. The van der Waals surface area contributed by atoms with E-state index in [0.717, 1.165) is 23.3 Å². The van der Waals surface area contributed by atoms with Gasteiger partial charge in [0.1, 0.15) is 17.2 Å². The smallest absolute Gasteiger partial charge is 0.231 e. The molecule has 2 aliphatic heterocycles. The lowest BCUT2D eigenvalue weighted by molar-refractivity contribution is 0.174. The van der Waals surface area contributed by atoms with Gasteiger partial charge >= 0.3 is 0 Å². The first-order valence-electron chi connectivity index (χ1n) is 12.7. The topological polar surface area (TPSA) is 127 Å². The average Bonchev–Trinajstić information content (AvgIpc) is 3.59. The fourth-order valence-corrected chi connectivity index (χ4v) is 5.21. The second kappa shape index (κ2) is 10.00. The van der Waals surface area contributed by atoms with Crippen molar-refractivity contribution in [3.63, 3.8) is 0 Å². The highest BCUT2D eigenvalue weighted by atomic mass is 16.7. The summed E-state index contributed by atoms with van der Waals surface area (Å²) in [6.45, 7) is 0.667. The van der Waals surface area contributed by atoms with Crippen molar-refractivity contribution in [2.45, 2.75) is 19.3 Å². The summed E-state index contributed by atoms with van der Waals surface area (Å²) in [5.74, 6) is 2.05. The molecule has 9 heteroatoms. The van der Waals surface area contributed by atoms with Gasteiger partial charge < -0.3 is 44.1 Å². The number of ether oxygens (including phenoxy) is 5. The lowest BCUT2D eigenvalue weighted by atomic mass is 9.93. The number of fused-ring (bicyclic) bond motifs is 2. The fraction of sp³-hybridized carbons (Fsp3) is 0.226. The molecule has 4 N–H and O–H groups in total. The van der Waals surface area contributed by atoms with Gasteiger partial charge in [0, 0.05) is 53.1 Å². The van der Waals surface area contributed by atoms with Gasteiger partial charge in [-0.1, -0.05) is 0 Å². The molecule has 0 saturated carbocycles. The number of phenols is 4. The Balaban J connectivity index is 1.41. The molecule has 0 atom stereocenters. The minimum absolute atomic E-state index is 0.0440. The maximum atomic E-state index is 11.1. The third kappa shape index (κ3) is 4.49. The molecule has 2 aliphatic rings. The summed E-state index contributed by atoms with van der Waals surface area (Å²) in [7, 11) is 2.89. The monoisotopic (exact) mass is 544 g/mol. The number of benzene rings is 4. The Morgan fingerprint density at radius 2 is 1.15 bits per heavy atom. The van der Waals surface area contributed by atoms with Crippen LogP contribution in [0.4, 0.5) is 0 Å². The van der Waals surface area contributed by atoms with Crippen LogP contribution in [0.1, 0.15) is 27.8 Å². The van der Waals surface area contributed by atoms with Crippen LogP contribution in [-0.2, 0) is 19.3 Å². The van der Waals surface area contributed by atoms with Gasteiger partial charge in [-0.3, -0.25) is 0 Å². The number of phenolic OH excluding ortho intramolecular Hbond substituents is 4. The zero-order valence-electron chi connectivity index (χ0n) is 22.0. The summed E-state index contributed by atoms with van der Waals surface area (Å²) in [5, 5.41) is 43.4. The summed E-state index contributed by atoms with van der Waals surface area (Å²) < 4.78 is 27.4. The Hall–Kier alpha value is -4.92. The Labute approximate surface area is 230 Å². The second-order valence-corrected chi connectivity index (χ2v) is 9.76. The number of aromatic hydroxyl groups is 4. The van der Waals surface area contributed by atoms with Crippen molar-refractivity contribution in [3.8, 4) is 62.9 Å². The number of rotatable bonds is 7. The molecule has 0 amide bonds. The standard InChI is InChI=1S/C31H28O9/c1-36-28-9-16(5-19-12-25-18(3-4-38-25)11-23(19)32)7-21(30(28)34)22-8-17(10-29(37-2)31(22)35)6-20-13-26-27(14-24(20)33)40-15-39-26/h7-14,32-35H,3-6,15H2,1-2H3. The predicted octanol–water partition coefficient (Wildman–Crippen LogP) is 5.04. The quantitative estimate of drug-likeness (QED) is 0.253. The van der Waals surface area contributed by atoms with Gasteiger partial charge in [0.2, 0.25) is 6.79 Å². The second-order valence-electron chi connectivity index (χ2n) is 9.76. The molecule has 0 spiro atoms. The van der Waals surface area contributed by atoms with E-state index >= 15 is 0 Å². The van der Waals surface area contributed by atoms with Crippen LogP contribution in [0, 0.1) is 0 Å². The molecule has 0 fully saturated rings. The van der Waals surface area contributed by atoms with Crippen molar-refractivity contribution in [2.24, 2.45) is 0 Å². The first-order chi connectivity index (χ1) is 19.3. The summed E-state index contributed by atoms with van der Waals surface area (Å²) in [6.07, 6.45) is 1.36. The zero-order valence-corrected chi connectivity index (χ0v) is 22.0. The Bertz CT molecular complexity index is 1510. The van der Waals surface area contributed by atoms with Crippen LogP contribution in [0.3, 0.4) is 0 Å². The summed E-state index contributed by atoms with van der Waals surface area (Å²) in [6, 6.07) is 13.6. The summed E-state index contributed by atoms with van der Waals surface area (Å²) in [5.41, 5.74) is 4.28. The van der Waals surface area contributed by atoms with Crippen molar-refractivity contribution < 1.29 is 44.1 Å². The molecule has 0 unspecified atom stereocenters. The Morgan fingerprint density at radius 1 is 0.625 bits per heavy atom. The number of hydrogen-bond acceptors (Lipinski definition) is 9. The highest BCUT2D eigenvalue weighted by Gasteiger charge is 2.22. The molecular weight excluding hydrogens is 516 g/mol. The van der Waals surface area contributed by atoms with Crippen LogP contribution >= 0.6 is 0 Å². The van der Waals surface area contributed by atoms with Crippen LogP contribution in [0.25, 0.3) is 11.1 Å². The van der Waals surface area contributed by atoms with E-state index in [2.05, 4.69) is 0 Å². The van der Waals surface area contributed by atoms with Crippen molar-refractivity contribution >= 4 is 0 Å². The largest absolute Gasteiger partial charge is 0.508 e. The Kier molecular flexibility index (Phi) is 6.34. The van der Waals surface area contributed by atoms with E-state index in [1.807, 2.05) is 6.07 Å². The molecule has 6 rings (SSSR count). The van der Waals surface area contributed by atoms with Gasteiger partial charge in [-0.2, -0.15) is 0 Å². The molecule has 0 aromatic heterocycles. The first-order valence-corrected chi connectivity index (χ1v) is 12.7. The average molecular weight is 545 g/mol. The predicted molar refractivity (Wildman–Crippen MR) is 145 cm³/mol. The summed E-state index contributed by atoms with van der Waals surface area (Å²) >= 11 is 0. The molecule has 206 valence electrons. The third-order valence-corrected chi connectivity index (χ3v) is 7.25. The van der Waals surface area contributed by atoms with Crippen LogP contribution < -0.4 is 23.7 Å². The van der Waals surface area contributed by atoms with Crippen LogP contribution in [0.5, 0.6) is 51.7 Å². The molecule has 0 aliphatic carbocycles. The van der Waals surface area contributed by atoms with E-state index in [1.165, 1.54) is 20.3 Å². The van der Waals surface area contributed by atoms with Crippen molar-refractivity contribution in [3.05, 3.63) is 76.3 Å². The molecular formula is C31H28O9. The Morgan fingerprint density at radius 3 is 1.73 bits per heavy atom. The van der Waals surface area contributed by atoms with Crippen molar-refractivity contribution in [1.29, 1.82) is 0 Å². The molecule has 4 aromatic carbocycles. The number of methoxy groups -OCH3 is 2. The van der Waals surface area contributed by atoms with E-state index in [0.29, 0.717) is 52.3 Å². The van der Waals surface area contributed by atoms with E-state index in [-0.39, 0.29) is 47.7 Å². The molecule has 0 radical (unpaired) electrons. The minimum Gasteiger partial charge on any atom is -0.508 e. The van der Waals surface area contributed by atoms with E-state index in [4.69, 9.17) is 23.7 Å². The van der Waals surface area contributed by atoms with Crippen LogP contribution in [0.2, 0.25) is 0 Å². The summed E-state index contributed by atoms with van der Waals surface area (Å²) in [4.78, 5) is 0. The maximum absolute atomic E-state index is 11.1. The van der Waals surface area contributed by atoms with Crippen LogP contribution in [-0.4, -0.2) is 48.0 Å². The van der Waals surface area contributed by atoms with Crippen LogP contribution in [0.15, 0.2) is 48.5 Å². The van der Waals surface area contributed by atoms with E-state index < -0.39 is 0 Å². The highest BCUT2D eigenvalue weighted by molar-refractivity contribution is 5.81. The fourth-order valence-electron chi connectivity index (χ4n) is 5.21. The first kappa shape index (κ1) is 25.4. The minimum atomic E-state index is -0.163. The molecule has 2 heterocycles. The SMILES string of the molecule is COc1cc(Cc2cc3c(cc2O)CCO3)cc(-c2cc(Cc3cc4c(cc3O)OCO4)cc(OC)c2O)c1O. The van der Waals surface area contributed by atoms with Crippen molar-refractivity contribution in [2.75, 3.05) is 27.6 Å². The zero-order chi connectivity index (χ0) is 28.0. The van der Waals surface area contributed by atoms with Gasteiger partial charge in [-0.15, -0.1) is 0 Å². The third-order valence-electron chi connectivity index (χ3n) is 7.25. The molecule has 0 saturated heterocycles. The van der Waals surface area contributed by atoms with Crippen molar-refractivity contribution in [1.82, 2.24) is 0 Å². The van der Waals surface area contributed by atoms with Gasteiger partial charge in [0.25, 0.3) is 0 Å². The van der Waals surface area contributed by atoms with Gasteiger partial charge in [0.15, 0.2) is 34.5 Å². The number of hydrogen-bond donors (Lipinski definition) is 4. The molecule has 40 heavy (non-hydrogen) atoms. The van der Waals surface area contributed by atoms with Gasteiger partial charge in [-0.25, -0.2) is 0 Å². The van der Waals surface area contributed by atoms with E-state index in [9.17, 15) is 20.4 Å².